The van der Waals surface area contributed by atoms with Crippen molar-refractivity contribution in [2.75, 3.05) is 7.11 Å². The fourth-order valence-corrected chi connectivity index (χ4v) is 5.85. The number of ether oxygens (including phenoxy) is 3. The Bertz CT molecular complexity index is 1880. The largest absolute Gasteiger partial charge is 0.489 e. The Kier molecular flexibility index (Phi) is 23.4. The van der Waals surface area contributed by atoms with E-state index in [0.717, 1.165) is 31.8 Å². The normalized spacial score (nSPS) is 9.28. The molecule has 0 aliphatic heterocycles. The number of carboxylic acid groups (broad SMARTS) is 1. The molecule has 282 valence electrons. The summed E-state index contributed by atoms with van der Waals surface area (Å²) in [6.45, 7) is 0.768. The van der Waals surface area contributed by atoms with Crippen LogP contribution in [0.5, 0.6) is 11.5 Å². The predicted octanol–water partition coefficient (Wildman–Crippen LogP) is 10.3. The van der Waals surface area contributed by atoms with E-state index in [1.807, 2.05) is 66.7 Å². The van der Waals surface area contributed by atoms with Crippen LogP contribution in [0.25, 0.3) is 11.1 Å². The van der Waals surface area contributed by atoms with E-state index in [2.05, 4.69) is 44.2 Å². The Hall–Kier alpha value is -4.47. The summed E-state index contributed by atoms with van der Waals surface area (Å²) in [5.74, 6) is 0.307. The second-order valence-electron chi connectivity index (χ2n) is 10.2. The van der Waals surface area contributed by atoms with Crippen molar-refractivity contribution in [3.05, 3.63) is 157 Å². The molecule has 0 fully saturated rings. The van der Waals surface area contributed by atoms with E-state index in [4.69, 9.17) is 24.6 Å². The summed E-state index contributed by atoms with van der Waals surface area (Å²) in [6, 6.07) is 33.5. The van der Waals surface area contributed by atoms with Crippen molar-refractivity contribution >= 4 is 69.8 Å². The molecular weight excluding hydrogens is 822 g/mol. The molecule has 0 saturated carbocycles. The Morgan fingerprint density at radius 3 is 1.62 bits per heavy atom. The zero-order chi connectivity index (χ0) is 35.0. The van der Waals surface area contributed by atoms with Gasteiger partial charge in [0.2, 0.25) is 0 Å². The first-order valence-corrected chi connectivity index (χ1v) is 17.7. The van der Waals surface area contributed by atoms with E-state index >= 15 is 0 Å². The highest BCUT2D eigenvalue weighted by Crippen LogP contribution is 2.25. The quantitative estimate of drug-likeness (QED) is 0.0707. The number of aromatic carboxylic acids is 1. The van der Waals surface area contributed by atoms with E-state index in [1.165, 1.54) is 24.0 Å². The zero-order valence-electron chi connectivity index (χ0n) is 26.3. The Balaban J connectivity index is 0.000000801. The molecule has 0 aliphatic rings. The number of methoxy groups -OCH3 is 1. The Labute approximate surface area is 336 Å². The van der Waals surface area contributed by atoms with Crippen molar-refractivity contribution < 1.29 is 39.0 Å². The summed E-state index contributed by atoms with van der Waals surface area (Å²) in [6.07, 6.45) is 0. The van der Waals surface area contributed by atoms with Gasteiger partial charge in [-0.2, -0.15) is 22.7 Å². The molecule has 2 aromatic heterocycles. The van der Waals surface area contributed by atoms with Gasteiger partial charge in [-0.15, -0.1) is 0 Å². The fourth-order valence-electron chi connectivity index (χ4n) is 4.16. The van der Waals surface area contributed by atoms with E-state index < -0.39 is 13.1 Å². The molecule has 0 amide bonds. The number of hydrogen-bond donors (Lipinski definition) is 3. The number of hydrogen-bond acceptors (Lipinski definition) is 9. The maximum Gasteiger partial charge on any atom is 0.489 e. The smallest absolute Gasteiger partial charge is 0.489 e. The van der Waals surface area contributed by atoms with Gasteiger partial charge in [0.05, 0.1) is 18.2 Å². The third kappa shape index (κ3) is 16.4. The minimum Gasteiger partial charge on any atom is -0.489 e. The highest BCUT2D eigenvalue weighted by molar-refractivity contribution is 14.1. The van der Waals surface area contributed by atoms with Gasteiger partial charge in [-0.3, -0.25) is 0 Å². The summed E-state index contributed by atoms with van der Waals surface area (Å²) in [5, 5.41) is 33.6. The molecule has 8 nitrogen and oxygen atoms in total. The van der Waals surface area contributed by atoms with Crippen molar-refractivity contribution in [1.82, 2.24) is 0 Å². The molecule has 0 radical (unpaired) electrons. The first-order valence-electron chi connectivity index (χ1n) is 14.7. The van der Waals surface area contributed by atoms with Crippen LogP contribution in [0.15, 0.2) is 131 Å². The third-order valence-corrected chi connectivity index (χ3v) is 8.80. The van der Waals surface area contributed by atoms with Gasteiger partial charge in [0, 0.05) is 3.57 Å². The lowest BCUT2D eigenvalue weighted by atomic mass is 9.83. The molecule has 12 heteroatoms. The lowest BCUT2D eigenvalue weighted by Gasteiger charge is -2.07. The number of halogens is 1. The van der Waals surface area contributed by atoms with Crippen LogP contribution < -0.4 is 14.9 Å². The SMILES string of the molecule is C.C.C.C.COC(=O)c1cccc(COc2ccc(I)cc2)c1.O=C(O)c1cccc(COc2ccc(-c3ccsc3)cc2)c1.OB(O)c1ccsc1. The van der Waals surface area contributed by atoms with Crippen LogP contribution >= 0.6 is 45.3 Å². The topological polar surface area (TPSA) is 123 Å². The van der Waals surface area contributed by atoms with E-state index in [1.54, 1.807) is 58.5 Å². The summed E-state index contributed by atoms with van der Waals surface area (Å²) < 4.78 is 17.2. The Morgan fingerprint density at radius 1 is 0.660 bits per heavy atom. The van der Waals surface area contributed by atoms with E-state index in [0.29, 0.717) is 24.2 Å². The van der Waals surface area contributed by atoms with Gasteiger partial charge >= 0.3 is 19.1 Å². The molecule has 0 atom stereocenters. The van der Waals surface area contributed by atoms with Crippen LogP contribution in [-0.2, 0) is 18.0 Å². The molecule has 0 bridgehead atoms. The van der Waals surface area contributed by atoms with Crippen LogP contribution in [-0.4, -0.2) is 41.3 Å². The molecule has 6 rings (SSSR count). The summed E-state index contributed by atoms with van der Waals surface area (Å²) >= 11 is 5.36. The Morgan fingerprint density at radius 2 is 1.17 bits per heavy atom. The number of rotatable bonds is 10. The highest BCUT2D eigenvalue weighted by atomic mass is 127. The van der Waals surface area contributed by atoms with Crippen LogP contribution in [0, 0.1) is 3.57 Å². The van der Waals surface area contributed by atoms with E-state index in [-0.39, 0.29) is 41.2 Å². The van der Waals surface area contributed by atoms with Crippen molar-refractivity contribution in [3.8, 4) is 22.6 Å². The number of carbonyl (C=O) groups is 2. The van der Waals surface area contributed by atoms with Gasteiger partial charge < -0.3 is 29.4 Å². The van der Waals surface area contributed by atoms with Gasteiger partial charge in [0.1, 0.15) is 24.7 Å². The molecule has 0 spiro atoms. The summed E-state index contributed by atoms with van der Waals surface area (Å²) in [4.78, 5) is 22.4. The molecule has 2 heterocycles. The van der Waals surface area contributed by atoms with Gasteiger partial charge in [-0.25, -0.2) is 9.59 Å². The molecule has 0 saturated heterocycles. The third-order valence-electron chi connectivity index (χ3n) is 6.70. The summed E-state index contributed by atoms with van der Waals surface area (Å²) in [7, 11) is 0.0677. The first-order chi connectivity index (χ1) is 23.7. The molecule has 4 aromatic carbocycles. The fraction of sp³-hybridized carbons (Fsp3) is 0.171. The zero-order valence-corrected chi connectivity index (χ0v) is 30.1. The number of benzene rings is 4. The van der Waals surface area contributed by atoms with Gasteiger partial charge in [0.25, 0.3) is 0 Å². The van der Waals surface area contributed by atoms with Crippen molar-refractivity contribution in [2.24, 2.45) is 0 Å². The molecule has 0 unspecified atom stereocenters. The maximum atomic E-state index is 11.4. The molecule has 0 aliphatic carbocycles. The minimum atomic E-state index is -1.30. The lowest BCUT2D eigenvalue weighted by molar-refractivity contribution is 0.0599. The average Bonchev–Trinajstić information content (AvgIpc) is 3.88. The van der Waals surface area contributed by atoms with Crippen molar-refractivity contribution in [3.63, 3.8) is 0 Å². The lowest BCUT2D eigenvalue weighted by Crippen LogP contribution is -2.27. The predicted molar refractivity (Wildman–Crippen MR) is 230 cm³/mol. The van der Waals surface area contributed by atoms with Crippen molar-refractivity contribution in [1.29, 1.82) is 0 Å². The number of esters is 1. The standard InChI is InChI=1S/C18H14O3S.C15H13IO3.C4H5BO2S.4CH4/c19-18(20)15-3-1-2-13(10-15)11-21-17-6-4-14(5-7-17)16-8-9-22-12-16;1-18-15(17)12-4-2-3-11(9-12)10-19-14-7-5-13(16)6-8-14;6-5(7)4-1-2-8-3-4;;;;/h1-10,12H,11H2,(H,19,20);2-9H,10H2,1H3;1-3,6-7H;4*1H4. The van der Waals surface area contributed by atoms with Crippen molar-refractivity contribution in [2.45, 2.75) is 42.9 Å². The van der Waals surface area contributed by atoms with Crippen LogP contribution in [0.4, 0.5) is 0 Å². The second-order valence-corrected chi connectivity index (χ2v) is 13.0. The van der Waals surface area contributed by atoms with Gasteiger partial charge in [0.15, 0.2) is 0 Å². The molecule has 3 N–H and O–H groups in total. The number of carboxylic acids is 1. The number of carbonyl (C=O) groups excluding carboxylic acids is 1. The summed E-state index contributed by atoms with van der Waals surface area (Å²) in [5.41, 5.74) is 5.49. The van der Waals surface area contributed by atoms with Crippen LogP contribution in [0.1, 0.15) is 61.5 Å². The monoisotopic (exact) mass is 870 g/mol. The minimum absolute atomic E-state index is 0. The maximum absolute atomic E-state index is 11.4. The van der Waals surface area contributed by atoms with Crippen LogP contribution in [0.3, 0.4) is 0 Å². The van der Waals surface area contributed by atoms with E-state index in [9.17, 15) is 9.59 Å². The van der Waals surface area contributed by atoms with Gasteiger partial charge in [-0.1, -0.05) is 72.2 Å². The molecule has 6 aromatic rings. The van der Waals surface area contributed by atoms with Crippen LogP contribution in [0.2, 0.25) is 0 Å². The molecular formula is C41H48BIO8S2. The highest BCUT2D eigenvalue weighted by Gasteiger charge is 2.09. The first kappa shape index (κ1) is 48.5. The average molecular weight is 871 g/mol. The number of thiophene rings is 2. The second kappa shape index (κ2) is 25.5. The molecule has 53 heavy (non-hydrogen) atoms. The van der Waals surface area contributed by atoms with Gasteiger partial charge in [-0.05, 0) is 139 Å².